The largest absolute Gasteiger partial charge is 0.388 e. The van der Waals surface area contributed by atoms with Crippen LogP contribution in [0.15, 0.2) is 36.4 Å². The van der Waals surface area contributed by atoms with Crippen molar-refractivity contribution in [2.45, 2.75) is 32.8 Å². The standard InChI is InChI=1S/C19H25NO/c1-3-20(4-2)13-16-12-11-15-10-9-14-7-5-6-8-17(14)18(15)19(16)21/h5-10,16,19,21H,3-4,11-13H2,1-2H3. The van der Waals surface area contributed by atoms with Gasteiger partial charge >= 0.3 is 0 Å². The van der Waals surface area contributed by atoms with Gasteiger partial charge in [0.2, 0.25) is 0 Å². The number of aliphatic hydroxyl groups excluding tert-OH is 1. The van der Waals surface area contributed by atoms with Crippen molar-refractivity contribution in [2.75, 3.05) is 19.6 Å². The number of hydrogen-bond acceptors (Lipinski definition) is 2. The highest BCUT2D eigenvalue weighted by Gasteiger charge is 2.30. The molecule has 112 valence electrons. The molecular weight excluding hydrogens is 258 g/mol. The van der Waals surface area contributed by atoms with Crippen LogP contribution in [0.5, 0.6) is 0 Å². The Balaban J connectivity index is 1.96. The molecule has 2 aromatic carbocycles. The summed E-state index contributed by atoms with van der Waals surface area (Å²) in [7, 11) is 0. The topological polar surface area (TPSA) is 23.5 Å². The van der Waals surface area contributed by atoms with Crippen molar-refractivity contribution in [3.8, 4) is 0 Å². The molecule has 2 nitrogen and oxygen atoms in total. The van der Waals surface area contributed by atoms with Crippen LogP contribution in [0.4, 0.5) is 0 Å². The molecule has 2 atom stereocenters. The molecule has 2 aromatic rings. The Labute approximate surface area is 127 Å². The van der Waals surface area contributed by atoms with E-state index in [1.807, 2.05) is 0 Å². The molecule has 1 aliphatic carbocycles. The second-order valence-corrected chi connectivity index (χ2v) is 6.09. The molecule has 2 unspecified atom stereocenters. The van der Waals surface area contributed by atoms with Crippen LogP contribution in [0.3, 0.4) is 0 Å². The summed E-state index contributed by atoms with van der Waals surface area (Å²) in [4.78, 5) is 2.42. The second kappa shape index (κ2) is 6.17. The quantitative estimate of drug-likeness (QED) is 0.923. The highest BCUT2D eigenvalue weighted by Crippen LogP contribution is 2.39. The van der Waals surface area contributed by atoms with Crippen molar-refractivity contribution in [1.29, 1.82) is 0 Å². The number of benzene rings is 2. The molecule has 0 amide bonds. The van der Waals surface area contributed by atoms with E-state index in [4.69, 9.17) is 0 Å². The summed E-state index contributed by atoms with van der Waals surface area (Å²) in [5.41, 5.74) is 2.51. The lowest BCUT2D eigenvalue weighted by Crippen LogP contribution is -2.34. The van der Waals surface area contributed by atoms with Gasteiger partial charge in [-0.15, -0.1) is 0 Å². The van der Waals surface area contributed by atoms with Gasteiger partial charge in [-0.1, -0.05) is 50.2 Å². The van der Waals surface area contributed by atoms with Crippen molar-refractivity contribution in [3.63, 3.8) is 0 Å². The summed E-state index contributed by atoms with van der Waals surface area (Å²) < 4.78 is 0. The van der Waals surface area contributed by atoms with E-state index in [9.17, 15) is 5.11 Å². The Hall–Kier alpha value is -1.38. The van der Waals surface area contributed by atoms with Crippen molar-refractivity contribution in [1.82, 2.24) is 4.90 Å². The molecule has 0 fully saturated rings. The average Bonchev–Trinajstić information content (AvgIpc) is 2.54. The van der Waals surface area contributed by atoms with E-state index in [2.05, 4.69) is 55.1 Å². The van der Waals surface area contributed by atoms with Crippen LogP contribution in [0.1, 0.15) is 37.5 Å². The zero-order chi connectivity index (χ0) is 14.8. The van der Waals surface area contributed by atoms with Crippen LogP contribution < -0.4 is 0 Å². The summed E-state index contributed by atoms with van der Waals surface area (Å²) in [6.45, 7) is 7.51. The number of rotatable bonds is 4. The minimum absolute atomic E-state index is 0.333. The lowest BCUT2D eigenvalue weighted by molar-refractivity contribution is 0.0696. The Morgan fingerprint density at radius 2 is 1.86 bits per heavy atom. The number of aliphatic hydroxyl groups is 1. The second-order valence-electron chi connectivity index (χ2n) is 6.09. The summed E-state index contributed by atoms with van der Waals surface area (Å²) in [5.74, 6) is 0.350. The van der Waals surface area contributed by atoms with Crippen molar-refractivity contribution < 1.29 is 5.11 Å². The van der Waals surface area contributed by atoms with Gasteiger partial charge in [0.05, 0.1) is 6.10 Å². The molecule has 2 heteroatoms. The molecule has 0 saturated carbocycles. The van der Waals surface area contributed by atoms with Gasteiger partial charge < -0.3 is 10.0 Å². The van der Waals surface area contributed by atoms with E-state index in [0.717, 1.165) is 32.5 Å². The third kappa shape index (κ3) is 2.70. The summed E-state index contributed by atoms with van der Waals surface area (Å²) in [6, 6.07) is 12.8. The van der Waals surface area contributed by atoms with Crippen molar-refractivity contribution >= 4 is 10.8 Å². The highest BCUT2D eigenvalue weighted by atomic mass is 16.3. The molecule has 3 rings (SSSR count). The molecule has 0 heterocycles. The maximum Gasteiger partial charge on any atom is 0.0839 e. The van der Waals surface area contributed by atoms with E-state index in [1.54, 1.807) is 0 Å². The van der Waals surface area contributed by atoms with E-state index in [1.165, 1.54) is 21.9 Å². The molecule has 1 aliphatic rings. The maximum atomic E-state index is 10.9. The maximum absolute atomic E-state index is 10.9. The summed E-state index contributed by atoms with van der Waals surface area (Å²) in [5, 5.41) is 13.4. The van der Waals surface area contributed by atoms with Gasteiger partial charge in [0.1, 0.15) is 0 Å². The molecule has 0 spiro atoms. The van der Waals surface area contributed by atoms with Gasteiger partial charge in [0, 0.05) is 12.5 Å². The minimum Gasteiger partial charge on any atom is -0.388 e. The van der Waals surface area contributed by atoms with Gasteiger partial charge in [0.25, 0.3) is 0 Å². The first-order valence-electron chi connectivity index (χ1n) is 8.15. The Morgan fingerprint density at radius 3 is 2.62 bits per heavy atom. The lowest BCUT2D eigenvalue weighted by Gasteiger charge is -2.34. The number of nitrogens with zero attached hydrogens (tertiary/aromatic N) is 1. The third-order valence-electron chi connectivity index (χ3n) is 4.97. The monoisotopic (exact) mass is 283 g/mol. The van der Waals surface area contributed by atoms with E-state index >= 15 is 0 Å². The third-order valence-corrected chi connectivity index (χ3v) is 4.97. The molecule has 0 bridgehead atoms. The van der Waals surface area contributed by atoms with Crippen LogP contribution in [0.25, 0.3) is 10.8 Å². The van der Waals surface area contributed by atoms with E-state index in [-0.39, 0.29) is 6.10 Å². The highest BCUT2D eigenvalue weighted by molar-refractivity contribution is 5.87. The molecular formula is C19H25NO. The Bertz CT molecular complexity index is 618. The molecule has 0 radical (unpaired) electrons. The summed E-state index contributed by atoms with van der Waals surface area (Å²) in [6.07, 6.45) is 1.84. The van der Waals surface area contributed by atoms with Crippen LogP contribution >= 0.6 is 0 Å². The molecule has 0 aromatic heterocycles. The van der Waals surface area contributed by atoms with Crippen molar-refractivity contribution in [2.24, 2.45) is 5.92 Å². The number of fused-ring (bicyclic) bond motifs is 3. The smallest absolute Gasteiger partial charge is 0.0839 e. The van der Waals surface area contributed by atoms with E-state index in [0.29, 0.717) is 5.92 Å². The fourth-order valence-corrected chi connectivity index (χ4v) is 3.65. The average molecular weight is 283 g/mol. The minimum atomic E-state index is -0.333. The van der Waals surface area contributed by atoms with Gasteiger partial charge in [-0.2, -0.15) is 0 Å². The first-order chi connectivity index (χ1) is 10.2. The predicted molar refractivity (Wildman–Crippen MR) is 88.5 cm³/mol. The molecule has 0 aliphatic heterocycles. The fourth-order valence-electron chi connectivity index (χ4n) is 3.65. The Morgan fingerprint density at radius 1 is 1.10 bits per heavy atom. The van der Waals surface area contributed by atoms with Crippen LogP contribution in [0.2, 0.25) is 0 Å². The van der Waals surface area contributed by atoms with Crippen LogP contribution in [-0.2, 0) is 6.42 Å². The first-order valence-corrected chi connectivity index (χ1v) is 8.15. The molecule has 0 saturated heterocycles. The lowest BCUT2D eigenvalue weighted by atomic mass is 9.79. The van der Waals surface area contributed by atoms with Crippen LogP contribution in [-0.4, -0.2) is 29.6 Å². The van der Waals surface area contributed by atoms with Gasteiger partial charge in [-0.3, -0.25) is 0 Å². The van der Waals surface area contributed by atoms with Gasteiger partial charge in [-0.05, 0) is 47.8 Å². The first kappa shape index (κ1) is 14.6. The van der Waals surface area contributed by atoms with Crippen LogP contribution in [0, 0.1) is 5.92 Å². The predicted octanol–water partition coefficient (Wildman–Crippen LogP) is 3.78. The normalized spacial score (nSPS) is 21.7. The number of hydrogen-bond donors (Lipinski definition) is 1. The van der Waals surface area contributed by atoms with E-state index < -0.39 is 0 Å². The van der Waals surface area contributed by atoms with Crippen molar-refractivity contribution in [3.05, 3.63) is 47.5 Å². The van der Waals surface area contributed by atoms with Gasteiger partial charge in [0.15, 0.2) is 0 Å². The SMILES string of the molecule is CCN(CC)CC1CCc2ccc3ccccc3c2C1O. The van der Waals surface area contributed by atoms with Gasteiger partial charge in [-0.25, -0.2) is 0 Å². The fraction of sp³-hybridized carbons (Fsp3) is 0.474. The summed E-state index contributed by atoms with van der Waals surface area (Å²) >= 11 is 0. The molecule has 1 N–H and O–H groups in total. The molecule has 21 heavy (non-hydrogen) atoms. The Kier molecular flexibility index (Phi) is 4.27. The zero-order valence-corrected chi connectivity index (χ0v) is 13.0. The number of aryl methyl sites for hydroxylation is 1. The zero-order valence-electron chi connectivity index (χ0n) is 13.0.